The Kier molecular flexibility index (Phi) is 5.19. The largest absolute Gasteiger partial charge is 0.396 e. The van der Waals surface area contributed by atoms with Gasteiger partial charge in [0.05, 0.1) is 11.9 Å². The summed E-state index contributed by atoms with van der Waals surface area (Å²) in [6.07, 6.45) is 4.60. The minimum Gasteiger partial charge on any atom is -0.396 e. The Balaban J connectivity index is 1.66. The molecule has 0 amide bonds. The molecule has 4 nitrogen and oxygen atoms in total. The number of rotatable bonds is 7. The predicted octanol–water partition coefficient (Wildman–Crippen LogP) is 3.09. The number of nitrogens with one attached hydrogen (secondary N) is 1. The monoisotopic (exact) mass is 307 g/mol. The highest BCUT2D eigenvalue weighted by molar-refractivity contribution is 5.31. The van der Waals surface area contributed by atoms with Crippen LogP contribution < -0.4 is 5.32 Å². The van der Waals surface area contributed by atoms with E-state index in [1.807, 2.05) is 65.6 Å². The van der Waals surface area contributed by atoms with Gasteiger partial charge in [-0.15, -0.1) is 0 Å². The van der Waals surface area contributed by atoms with Crippen LogP contribution in [0.1, 0.15) is 23.6 Å². The molecule has 1 aromatic heterocycles. The van der Waals surface area contributed by atoms with Crippen LogP contribution in [0.15, 0.2) is 73.1 Å². The van der Waals surface area contributed by atoms with Crippen molar-refractivity contribution in [3.05, 3.63) is 84.2 Å². The lowest BCUT2D eigenvalue weighted by Crippen LogP contribution is -2.21. The lowest BCUT2D eigenvalue weighted by Gasteiger charge is -2.17. The Labute approximate surface area is 136 Å². The third-order valence-electron chi connectivity index (χ3n) is 3.83. The number of aromatic nitrogens is 2. The zero-order valence-electron chi connectivity index (χ0n) is 13.0. The zero-order chi connectivity index (χ0) is 15.9. The second-order valence-electron chi connectivity index (χ2n) is 5.49. The van der Waals surface area contributed by atoms with Gasteiger partial charge in [-0.3, -0.25) is 0 Å². The standard InChI is InChI=1S/C19H21N3O/c23-12-11-19(17-7-3-1-4-8-17)20-13-16-14-21-22(15-16)18-9-5-2-6-10-18/h1-10,14-15,19-20,23H,11-13H2/t19-/m1/s1. The van der Waals surface area contributed by atoms with E-state index in [0.29, 0.717) is 13.0 Å². The van der Waals surface area contributed by atoms with E-state index in [-0.39, 0.29) is 12.6 Å². The van der Waals surface area contributed by atoms with Gasteiger partial charge in [0.15, 0.2) is 0 Å². The van der Waals surface area contributed by atoms with E-state index in [9.17, 15) is 5.11 Å². The minimum absolute atomic E-state index is 0.140. The molecule has 0 aliphatic heterocycles. The van der Waals surface area contributed by atoms with Gasteiger partial charge in [-0.1, -0.05) is 48.5 Å². The smallest absolute Gasteiger partial charge is 0.0645 e. The van der Waals surface area contributed by atoms with Gasteiger partial charge in [-0.2, -0.15) is 5.10 Å². The summed E-state index contributed by atoms with van der Waals surface area (Å²) in [5, 5.41) is 17.2. The normalized spacial score (nSPS) is 12.2. The van der Waals surface area contributed by atoms with Crippen LogP contribution in [0.5, 0.6) is 0 Å². The van der Waals surface area contributed by atoms with E-state index < -0.39 is 0 Å². The molecule has 1 atom stereocenters. The number of benzene rings is 2. The van der Waals surface area contributed by atoms with Gasteiger partial charge in [-0.25, -0.2) is 4.68 Å². The molecule has 0 fully saturated rings. The summed E-state index contributed by atoms with van der Waals surface area (Å²) in [7, 11) is 0. The zero-order valence-corrected chi connectivity index (χ0v) is 13.0. The lowest BCUT2D eigenvalue weighted by molar-refractivity contribution is 0.265. The highest BCUT2D eigenvalue weighted by Crippen LogP contribution is 2.17. The average Bonchev–Trinajstić information content (AvgIpc) is 3.09. The third-order valence-corrected chi connectivity index (χ3v) is 3.83. The van der Waals surface area contributed by atoms with Crippen LogP contribution in [-0.4, -0.2) is 21.5 Å². The first-order valence-electron chi connectivity index (χ1n) is 7.85. The molecular formula is C19H21N3O. The quantitative estimate of drug-likeness (QED) is 0.705. The molecule has 23 heavy (non-hydrogen) atoms. The molecule has 0 saturated carbocycles. The first-order chi connectivity index (χ1) is 11.4. The van der Waals surface area contributed by atoms with E-state index in [1.54, 1.807) is 0 Å². The Bertz CT molecular complexity index is 710. The molecular weight excluding hydrogens is 286 g/mol. The maximum atomic E-state index is 9.29. The molecule has 0 radical (unpaired) electrons. The molecule has 0 unspecified atom stereocenters. The third kappa shape index (κ3) is 4.06. The van der Waals surface area contributed by atoms with Crippen molar-refractivity contribution in [2.24, 2.45) is 0 Å². The maximum absolute atomic E-state index is 9.29. The highest BCUT2D eigenvalue weighted by atomic mass is 16.3. The number of aliphatic hydroxyl groups excluding tert-OH is 1. The molecule has 0 aliphatic rings. The number of aliphatic hydroxyl groups is 1. The van der Waals surface area contributed by atoms with Crippen LogP contribution in [0.25, 0.3) is 5.69 Å². The van der Waals surface area contributed by atoms with Crippen molar-refractivity contribution in [3.63, 3.8) is 0 Å². The first kappa shape index (κ1) is 15.5. The van der Waals surface area contributed by atoms with Gasteiger partial charge in [0.2, 0.25) is 0 Å². The molecule has 0 spiro atoms. The summed E-state index contributed by atoms with van der Waals surface area (Å²) in [5.41, 5.74) is 3.36. The van der Waals surface area contributed by atoms with Gasteiger partial charge in [0.25, 0.3) is 0 Å². The van der Waals surface area contributed by atoms with Gasteiger partial charge in [0.1, 0.15) is 0 Å². The Hall–Kier alpha value is -2.43. The minimum atomic E-state index is 0.140. The van der Waals surface area contributed by atoms with Gasteiger partial charge in [0, 0.05) is 31.0 Å². The fourth-order valence-electron chi connectivity index (χ4n) is 2.62. The summed E-state index contributed by atoms with van der Waals surface area (Å²) < 4.78 is 1.88. The highest BCUT2D eigenvalue weighted by Gasteiger charge is 2.10. The van der Waals surface area contributed by atoms with Gasteiger partial charge >= 0.3 is 0 Å². The number of nitrogens with zero attached hydrogens (tertiary/aromatic N) is 2. The molecule has 0 bridgehead atoms. The van der Waals surface area contributed by atoms with Crippen LogP contribution in [0.3, 0.4) is 0 Å². The molecule has 0 saturated heterocycles. The SMILES string of the molecule is OCC[C@@H](NCc1cnn(-c2ccccc2)c1)c1ccccc1. The summed E-state index contributed by atoms with van der Waals surface area (Å²) in [6, 6.07) is 20.4. The van der Waals surface area contributed by atoms with E-state index in [4.69, 9.17) is 0 Å². The van der Waals surface area contributed by atoms with Crippen molar-refractivity contribution in [1.29, 1.82) is 0 Å². The van der Waals surface area contributed by atoms with Crippen LogP contribution in [0.4, 0.5) is 0 Å². The van der Waals surface area contributed by atoms with Crippen molar-refractivity contribution < 1.29 is 5.11 Å². The first-order valence-corrected chi connectivity index (χ1v) is 7.85. The van der Waals surface area contributed by atoms with Crippen molar-refractivity contribution in [3.8, 4) is 5.69 Å². The number of hydrogen-bond acceptors (Lipinski definition) is 3. The van der Waals surface area contributed by atoms with Crippen LogP contribution in [0.2, 0.25) is 0 Å². The van der Waals surface area contributed by atoms with Gasteiger partial charge in [-0.05, 0) is 24.1 Å². The topological polar surface area (TPSA) is 50.1 Å². The molecule has 0 aliphatic carbocycles. The van der Waals surface area contributed by atoms with Crippen molar-refractivity contribution in [2.75, 3.05) is 6.61 Å². The maximum Gasteiger partial charge on any atom is 0.0645 e. The summed E-state index contributed by atoms with van der Waals surface area (Å²) in [5.74, 6) is 0. The Morgan fingerprint density at radius 3 is 2.39 bits per heavy atom. The van der Waals surface area contributed by atoms with Crippen LogP contribution in [-0.2, 0) is 6.54 Å². The lowest BCUT2D eigenvalue weighted by atomic mass is 10.0. The molecule has 1 heterocycles. The fourth-order valence-corrected chi connectivity index (χ4v) is 2.62. The van der Waals surface area contributed by atoms with E-state index >= 15 is 0 Å². The summed E-state index contributed by atoms with van der Waals surface area (Å²) in [4.78, 5) is 0. The second kappa shape index (κ2) is 7.72. The molecule has 4 heteroatoms. The van der Waals surface area contributed by atoms with E-state index in [0.717, 1.165) is 11.3 Å². The Morgan fingerprint density at radius 1 is 1.00 bits per heavy atom. The van der Waals surface area contributed by atoms with Crippen molar-refractivity contribution in [2.45, 2.75) is 19.0 Å². The predicted molar refractivity (Wildman–Crippen MR) is 91.3 cm³/mol. The van der Waals surface area contributed by atoms with E-state index in [1.165, 1.54) is 5.56 Å². The molecule has 118 valence electrons. The fraction of sp³-hybridized carbons (Fsp3) is 0.211. The molecule has 2 aromatic carbocycles. The molecule has 3 aromatic rings. The number of hydrogen-bond donors (Lipinski definition) is 2. The average molecular weight is 307 g/mol. The van der Waals surface area contributed by atoms with Crippen molar-refractivity contribution >= 4 is 0 Å². The van der Waals surface area contributed by atoms with Crippen LogP contribution in [0, 0.1) is 0 Å². The summed E-state index contributed by atoms with van der Waals surface area (Å²) in [6.45, 7) is 0.877. The van der Waals surface area contributed by atoms with Crippen molar-refractivity contribution in [1.82, 2.24) is 15.1 Å². The number of para-hydroxylation sites is 1. The van der Waals surface area contributed by atoms with Gasteiger partial charge < -0.3 is 10.4 Å². The summed E-state index contributed by atoms with van der Waals surface area (Å²) >= 11 is 0. The Morgan fingerprint density at radius 2 is 1.70 bits per heavy atom. The molecule has 2 N–H and O–H groups in total. The van der Waals surface area contributed by atoms with Crippen LogP contribution >= 0.6 is 0 Å². The molecule has 3 rings (SSSR count). The van der Waals surface area contributed by atoms with E-state index in [2.05, 4.69) is 22.5 Å². The second-order valence-corrected chi connectivity index (χ2v) is 5.49.